The van der Waals surface area contributed by atoms with Crippen LogP contribution < -0.4 is 5.73 Å². The van der Waals surface area contributed by atoms with E-state index in [1.165, 1.54) is 0 Å². The zero-order valence-corrected chi connectivity index (χ0v) is 12.3. The van der Waals surface area contributed by atoms with Gasteiger partial charge in [-0.1, -0.05) is 0 Å². The van der Waals surface area contributed by atoms with Gasteiger partial charge in [-0.25, -0.2) is 0 Å². The highest BCUT2D eigenvalue weighted by Gasteiger charge is 2.26. The molecule has 0 bridgehead atoms. The summed E-state index contributed by atoms with van der Waals surface area (Å²) in [6.07, 6.45) is 4.25. The lowest BCUT2D eigenvalue weighted by Crippen LogP contribution is -2.49. The second-order valence-corrected chi connectivity index (χ2v) is 6.19. The molecule has 0 aromatic heterocycles. The summed E-state index contributed by atoms with van der Waals surface area (Å²) in [5.74, 6) is 0.299. The first kappa shape index (κ1) is 14.8. The number of piperidine rings is 2. The van der Waals surface area contributed by atoms with Crippen molar-refractivity contribution in [3.8, 4) is 0 Å². The Hall–Kier alpha value is -0.650. The summed E-state index contributed by atoms with van der Waals surface area (Å²) < 4.78 is 0. The number of likely N-dealkylation sites (tertiary alicyclic amines) is 2. The van der Waals surface area contributed by atoms with E-state index in [0.717, 1.165) is 51.9 Å². The summed E-state index contributed by atoms with van der Waals surface area (Å²) in [5.41, 5.74) is 5.89. The van der Waals surface area contributed by atoms with Gasteiger partial charge in [0.1, 0.15) is 0 Å². The molecular weight excluding hydrogens is 240 g/mol. The van der Waals surface area contributed by atoms with Crippen molar-refractivity contribution in [2.75, 3.05) is 46.8 Å². The van der Waals surface area contributed by atoms with Crippen LogP contribution in [0.1, 0.15) is 25.7 Å². The van der Waals surface area contributed by atoms with Crippen LogP contribution in [-0.2, 0) is 4.79 Å². The van der Waals surface area contributed by atoms with E-state index in [9.17, 15) is 4.79 Å². The number of nitrogens with zero attached hydrogens (tertiary/aromatic N) is 3. The molecule has 2 rings (SSSR count). The number of nitrogens with two attached hydrogens (primary N) is 1. The molecule has 5 nitrogen and oxygen atoms in total. The summed E-state index contributed by atoms with van der Waals surface area (Å²) in [6.45, 7) is 4.35. The van der Waals surface area contributed by atoms with Crippen LogP contribution in [0.2, 0.25) is 0 Å². The summed E-state index contributed by atoms with van der Waals surface area (Å²) in [6, 6.07) is 0.972. The Morgan fingerprint density at radius 1 is 1.11 bits per heavy atom. The van der Waals surface area contributed by atoms with Gasteiger partial charge in [-0.15, -0.1) is 0 Å². The van der Waals surface area contributed by atoms with E-state index in [2.05, 4.69) is 23.9 Å². The van der Waals surface area contributed by atoms with Gasteiger partial charge in [0.25, 0.3) is 0 Å². The Morgan fingerprint density at radius 2 is 1.68 bits per heavy atom. The van der Waals surface area contributed by atoms with E-state index in [-0.39, 0.29) is 0 Å². The summed E-state index contributed by atoms with van der Waals surface area (Å²) in [5, 5.41) is 0. The third-order valence-corrected chi connectivity index (χ3v) is 4.54. The largest absolute Gasteiger partial charge is 0.341 e. The number of amides is 1. The molecular formula is C14H28N4O. The molecule has 5 heteroatoms. The average Bonchev–Trinajstić information content (AvgIpc) is 2.41. The monoisotopic (exact) mass is 268 g/mol. The average molecular weight is 268 g/mol. The van der Waals surface area contributed by atoms with Crippen LogP contribution in [0.25, 0.3) is 0 Å². The molecule has 2 aliphatic rings. The first-order chi connectivity index (χ1) is 9.06. The molecule has 0 saturated carbocycles. The van der Waals surface area contributed by atoms with Gasteiger partial charge in [-0.2, -0.15) is 0 Å². The third kappa shape index (κ3) is 4.16. The number of carbonyl (C=O) groups is 1. The summed E-state index contributed by atoms with van der Waals surface area (Å²) in [4.78, 5) is 18.8. The van der Waals surface area contributed by atoms with Crippen molar-refractivity contribution in [3.63, 3.8) is 0 Å². The maximum Gasteiger partial charge on any atom is 0.236 e. The number of hydrogen-bond donors (Lipinski definition) is 1. The van der Waals surface area contributed by atoms with Crippen molar-refractivity contribution < 1.29 is 4.79 Å². The first-order valence-corrected chi connectivity index (χ1v) is 7.48. The zero-order valence-electron chi connectivity index (χ0n) is 12.3. The Kier molecular flexibility index (Phi) is 5.19. The normalized spacial score (nSPS) is 24.1. The second kappa shape index (κ2) is 6.68. The van der Waals surface area contributed by atoms with E-state index in [4.69, 9.17) is 5.73 Å². The lowest BCUT2D eigenvalue weighted by atomic mass is 10.0. The quantitative estimate of drug-likeness (QED) is 0.780. The maximum atomic E-state index is 12.3. The molecule has 0 unspecified atom stereocenters. The van der Waals surface area contributed by atoms with Crippen molar-refractivity contribution in [1.82, 2.24) is 14.7 Å². The van der Waals surface area contributed by atoms with E-state index >= 15 is 0 Å². The van der Waals surface area contributed by atoms with Crippen LogP contribution >= 0.6 is 0 Å². The molecule has 2 fully saturated rings. The summed E-state index contributed by atoms with van der Waals surface area (Å²) >= 11 is 0. The smallest absolute Gasteiger partial charge is 0.236 e. The van der Waals surface area contributed by atoms with E-state index in [1.54, 1.807) is 0 Å². The maximum absolute atomic E-state index is 12.3. The molecule has 2 saturated heterocycles. The van der Waals surface area contributed by atoms with E-state index < -0.39 is 0 Å². The molecule has 0 aliphatic carbocycles. The highest BCUT2D eigenvalue weighted by Crippen LogP contribution is 2.15. The van der Waals surface area contributed by atoms with Crippen molar-refractivity contribution in [3.05, 3.63) is 0 Å². The molecule has 2 heterocycles. The van der Waals surface area contributed by atoms with Gasteiger partial charge >= 0.3 is 0 Å². The van der Waals surface area contributed by atoms with Gasteiger partial charge in [0.05, 0.1) is 6.54 Å². The van der Waals surface area contributed by atoms with Gasteiger partial charge < -0.3 is 15.5 Å². The molecule has 0 aromatic rings. The molecule has 0 radical (unpaired) electrons. The van der Waals surface area contributed by atoms with Gasteiger partial charge in [0.15, 0.2) is 0 Å². The molecule has 0 aromatic carbocycles. The predicted molar refractivity (Wildman–Crippen MR) is 76.9 cm³/mol. The lowest BCUT2D eigenvalue weighted by Gasteiger charge is -2.37. The minimum Gasteiger partial charge on any atom is -0.341 e. The fraction of sp³-hybridized carbons (Fsp3) is 0.929. The van der Waals surface area contributed by atoms with Gasteiger partial charge in [-0.3, -0.25) is 9.69 Å². The Balaban J connectivity index is 1.72. The van der Waals surface area contributed by atoms with Crippen LogP contribution in [0.3, 0.4) is 0 Å². The Bertz CT molecular complexity index is 292. The van der Waals surface area contributed by atoms with Crippen molar-refractivity contribution in [2.24, 2.45) is 5.73 Å². The fourth-order valence-corrected chi connectivity index (χ4v) is 3.03. The van der Waals surface area contributed by atoms with Crippen LogP contribution in [0.4, 0.5) is 0 Å². The topological polar surface area (TPSA) is 52.8 Å². The van der Waals surface area contributed by atoms with Crippen molar-refractivity contribution in [2.45, 2.75) is 37.8 Å². The molecule has 0 atom stereocenters. The van der Waals surface area contributed by atoms with Crippen molar-refractivity contribution in [1.29, 1.82) is 0 Å². The van der Waals surface area contributed by atoms with Crippen LogP contribution in [0.15, 0.2) is 0 Å². The predicted octanol–water partition coefficient (Wildman–Crippen LogP) is -0.0379. The molecule has 0 spiro atoms. The van der Waals surface area contributed by atoms with Crippen LogP contribution in [0, 0.1) is 0 Å². The lowest BCUT2D eigenvalue weighted by molar-refractivity contribution is -0.134. The first-order valence-electron chi connectivity index (χ1n) is 7.48. The zero-order chi connectivity index (χ0) is 13.8. The Labute approximate surface area is 116 Å². The molecule has 19 heavy (non-hydrogen) atoms. The highest BCUT2D eigenvalue weighted by atomic mass is 16.2. The molecule has 2 N–H and O–H groups in total. The SMILES string of the molecule is CN(C)C1CCN(C(=O)CN2CCC(N)CC2)CC1. The van der Waals surface area contributed by atoms with Crippen LogP contribution in [0.5, 0.6) is 0 Å². The van der Waals surface area contributed by atoms with Crippen molar-refractivity contribution >= 4 is 5.91 Å². The van der Waals surface area contributed by atoms with E-state index in [0.29, 0.717) is 24.5 Å². The van der Waals surface area contributed by atoms with Gasteiger partial charge in [-0.05, 0) is 39.8 Å². The molecule has 110 valence electrons. The second-order valence-electron chi connectivity index (χ2n) is 6.19. The standard InChI is InChI=1S/C14H28N4O/c1-16(2)13-5-9-18(10-6-13)14(19)11-17-7-3-12(15)4-8-17/h12-13H,3-11,15H2,1-2H3. The van der Waals surface area contributed by atoms with Gasteiger partial charge in [0.2, 0.25) is 5.91 Å². The van der Waals surface area contributed by atoms with Crippen LogP contribution in [-0.4, -0.2) is 79.5 Å². The molecule has 1 amide bonds. The Morgan fingerprint density at radius 3 is 2.21 bits per heavy atom. The summed E-state index contributed by atoms with van der Waals surface area (Å²) in [7, 11) is 4.25. The molecule has 2 aliphatic heterocycles. The van der Waals surface area contributed by atoms with E-state index in [1.807, 2.05) is 4.90 Å². The number of carbonyl (C=O) groups excluding carboxylic acids is 1. The third-order valence-electron chi connectivity index (χ3n) is 4.54. The minimum atomic E-state index is 0.299. The fourth-order valence-electron chi connectivity index (χ4n) is 3.03. The number of rotatable bonds is 3. The van der Waals surface area contributed by atoms with Gasteiger partial charge in [0, 0.05) is 38.3 Å². The highest BCUT2D eigenvalue weighted by molar-refractivity contribution is 5.78. The number of hydrogen-bond acceptors (Lipinski definition) is 4. The minimum absolute atomic E-state index is 0.299.